The average Bonchev–Trinajstić information content (AvgIpc) is 3.07. The molecule has 2 aromatic carbocycles. The minimum Gasteiger partial charge on any atom is -0.348 e. The Labute approximate surface area is 140 Å². The van der Waals surface area contributed by atoms with Crippen LogP contribution in [0.4, 0.5) is 5.95 Å². The second-order valence-corrected chi connectivity index (χ2v) is 5.62. The summed E-state index contributed by atoms with van der Waals surface area (Å²) in [5.41, 5.74) is 3.17. The number of benzene rings is 2. The molecule has 5 nitrogen and oxygen atoms in total. The highest BCUT2D eigenvalue weighted by Crippen LogP contribution is 2.19. The summed E-state index contributed by atoms with van der Waals surface area (Å²) in [5.74, 6) is 1.39. The van der Waals surface area contributed by atoms with E-state index in [0.717, 1.165) is 16.9 Å². The summed E-state index contributed by atoms with van der Waals surface area (Å²) in [7, 11) is 0. The van der Waals surface area contributed by atoms with E-state index < -0.39 is 0 Å². The molecule has 0 spiro atoms. The first-order chi connectivity index (χ1) is 11.8. The van der Waals surface area contributed by atoms with Gasteiger partial charge < -0.3 is 5.32 Å². The summed E-state index contributed by atoms with van der Waals surface area (Å²) in [5, 5.41) is 3.35. The van der Waals surface area contributed by atoms with Crippen LogP contribution < -0.4 is 5.32 Å². The van der Waals surface area contributed by atoms with Crippen molar-refractivity contribution in [3.8, 4) is 5.82 Å². The molecule has 0 radical (unpaired) electrons. The molecule has 4 aromatic rings. The van der Waals surface area contributed by atoms with Gasteiger partial charge >= 0.3 is 0 Å². The molecule has 5 heteroatoms. The van der Waals surface area contributed by atoms with E-state index in [2.05, 4.69) is 39.3 Å². The number of aromatic nitrogens is 4. The van der Waals surface area contributed by atoms with E-state index in [4.69, 9.17) is 0 Å². The third-order valence-electron chi connectivity index (χ3n) is 3.99. The molecule has 0 bridgehead atoms. The fourth-order valence-corrected chi connectivity index (χ4v) is 2.71. The standard InChI is InChI=1S/C19H17N5/c1-14(15-7-3-2-4-8-15)22-19-20-12-11-18(23-19)24-13-21-16-9-5-6-10-17(16)24/h2-14H,1H3,(H,20,22,23)/t14-/m1/s1. The Balaban J connectivity index is 1.64. The number of hydrogen-bond acceptors (Lipinski definition) is 4. The molecular formula is C19H17N5. The third-order valence-corrected chi connectivity index (χ3v) is 3.99. The van der Waals surface area contributed by atoms with E-state index in [9.17, 15) is 0 Å². The fourth-order valence-electron chi connectivity index (χ4n) is 2.71. The zero-order valence-corrected chi connectivity index (χ0v) is 13.3. The van der Waals surface area contributed by atoms with E-state index in [1.807, 2.05) is 53.1 Å². The Kier molecular flexibility index (Phi) is 3.67. The van der Waals surface area contributed by atoms with Gasteiger partial charge in [0.1, 0.15) is 12.1 Å². The van der Waals surface area contributed by atoms with E-state index in [-0.39, 0.29) is 6.04 Å². The predicted molar refractivity (Wildman–Crippen MR) is 95.1 cm³/mol. The number of para-hydroxylation sites is 2. The highest BCUT2D eigenvalue weighted by molar-refractivity contribution is 5.76. The number of nitrogens with zero attached hydrogens (tertiary/aromatic N) is 4. The van der Waals surface area contributed by atoms with Gasteiger partial charge in [-0.2, -0.15) is 4.98 Å². The number of imidazole rings is 1. The van der Waals surface area contributed by atoms with Crippen molar-refractivity contribution in [2.45, 2.75) is 13.0 Å². The van der Waals surface area contributed by atoms with E-state index in [1.165, 1.54) is 5.56 Å². The van der Waals surface area contributed by atoms with Crippen molar-refractivity contribution in [3.63, 3.8) is 0 Å². The minimum atomic E-state index is 0.126. The SMILES string of the molecule is C[C@@H](Nc1nccc(-n2cnc3ccccc32)n1)c1ccccc1. The molecule has 0 fully saturated rings. The first-order valence-electron chi connectivity index (χ1n) is 7.88. The van der Waals surface area contributed by atoms with E-state index in [1.54, 1.807) is 12.5 Å². The van der Waals surface area contributed by atoms with Crippen LogP contribution in [0.5, 0.6) is 0 Å². The largest absolute Gasteiger partial charge is 0.348 e. The molecule has 0 saturated heterocycles. The molecule has 0 amide bonds. The first-order valence-corrected chi connectivity index (χ1v) is 7.88. The molecular weight excluding hydrogens is 298 g/mol. The monoisotopic (exact) mass is 315 g/mol. The second-order valence-electron chi connectivity index (χ2n) is 5.62. The molecule has 0 unspecified atom stereocenters. The molecule has 24 heavy (non-hydrogen) atoms. The van der Waals surface area contributed by atoms with Crippen molar-refractivity contribution in [1.29, 1.82) is 0 Å². The Bertz CT molecular complexity index is 962. The quantitative estimate of drug-likeness (QED) is 0.619. The summed E-state index contributed by atoms with van der Waals surface area (Å²) >= 11 is 0. The van der Waals surface area contributed by atoms with Gasteiger partial charge in [0.25, 0.3) is 0 Å². The predicted octanol–water partition coefficient (Wildman–Crippen LogP) is 3.99. The van der Waals surface area contributed by atoms with Crippen molar-refractivity contribution in [1.82, 2.24) is 19.5 Å². The van der Waals surface area contributed by atoms with Crippen LogP contribution in [0.3, 0.4) is 0 Å². The van der Waals surface area contributed by atoms with Crippen molar-refractivity contribution in [3.05, 3.63) is 78.8 Å². The smallest absolute Gasteiger partial charge is 0.225 e. The molecule has 0 aliphatic rings. The molecule has 118 valence electrons. The highest BCUT2D eigenvalue weighted by atomic mass is 15.2. The number of anilines is 1. The Morgan fingerprint density at radius 3 is 2.58 bits per heavy atom. The van der Waals surface area contributed by atoms with E-state index >= 15 is 0 Å². The normalized spacial score (nSPS) is 12.2. The summed E-state index contributed by atoms with van der Waals surface area (Å²) in [6.45, 7) is 2.10. The Morgan fingerprint density at radius 2 is 1.71 bits per heavy atom. The number of fused-ring (bicyclic) bond motifs is 1. The van der Waals surface area contributed by atoms with Crippen molar-refractivity contribution in [2.24, 2.45) is 0 Å². The Morgan fingerprint density at radius 1 is 0.917 bits per heavy atom. The summed E-state index contributed by atoms with van der Waals surface area (Å²) < 4.78 is 1.97. The summed E-state index contributed by atoms with van der Waals surface area (Å²) in [4.78, 5) is 13.4. The van der Waals surface area contributed by atoms with Gasteiger partial charge in [0, 0.05) is 6.20 Å². The Hall–Kier alpha value is -3.21. The van der Waals surface area contributed by atoms with Crippen LogP contribution in [0.1, 0.15) is 18.5 Å². The fraction of sp³-hybridized carbons (Fsp3) is 0.105. The summed E-state index contributed by atoms with van der Waals surface area (Å²) in [6.07, 6.45) is 3.55. The lowest BCUT2D eigenvalue weighted by molar-refractivity contribution is 0.854. The lowest BCUT2D eigenvalue weighted by Gasteiger charge is -2.14. The number of nitrogens with one attached hydrogen (secondary N) is 1. The van der Waals surface area contributed by atoms with Crippen LogP contribution in [0.25, 0.3) is 16.9 Å². The topological polar surface area (TPSA) is 55.6 Å². The molecule has 0 saturated carbocycles. The van der Waals surface area contributed by atoms with Gasteiger partial charge in [-0.25, -0.2) is 9.97 Å². The van der Waals surface area contributed by atoms with Crippen LogP contribution in [0.15, 0.2) is 73.2 Å². The van der Waals surface area contributed by atoms with Gasteiger partial charge in [-0.15, -0.1) is 0 Å². The molecule has 0 aliphatic heterocycles. The van der Waals surface area contributed by atoms with Crippen LogP contribution >= 0.6 is 0 Å². The summed E-state index contributed by atoms with van der Waals surface area (Å²) in [6, 6.07) is 20.3. The van der Waals surface area contributed by atoms with Crippen LogP contribution in [0.2, 0.25) is 0 Å². The molecule has 1 N–H and O–H groups in total. The van der Waals surface area contributed by atoms with Gasteiger partial charge in [-0.05, 0) is 30.7 Å². The molecule has 0 aliphatic carbocycles. The van der Waals surface area contributed by atoms with Gasteiger partial charge in [0.15, 0.2) is 0 Å². The van der Waals surface area contributed by atoms with Crippen molar-refractivity contribution in [2.75, 3.05) is 5.32 Å². The maximum absolute atomic E-state index is 4.63. The first kappa shape index (κ1) is 14.4. The van der Waals surface area contributed by atoms with Crippen molar-refractivity contribution < 1.29 is 0 Å². The van der Waals surface area contributed by atoms with Crippen molar-refractivity contribution >= 4 is 17.0 Å². The van der Waals surface area contributed by atoms with Crippen LogP contribution in [-0.4, -0.2) is 19.5 Å². The zero-order chi connectivity index (χ0) is 16.4. The molecule has 4 rings (SSSR count). The second kappa shape index (κ2) is 6.12. The number of rotatable bonds is 4. The molecule has 2 heterocycles. The van der Waals surface area contributed by atoms with Crippen LogP contribution in [0, 0.1) is 0 Å². The molecule has 1 atom stereocenters. The average molecular weight is 315 g/mol. The maximum atomic E-state index is 4.63. The lowest BCUT2D eigenvalue weighted by atomic mass is 10.1. The lowest BCUT2D eigenvalue weighted by Crippen LogP contribution is -2.10. The maximum Gasteiger partial charge on any atom is 0.225 e. The third kappa shape index (κ3) is 2.72. The zero-order valence-electron chi connectivity index (χ0n) is 13.3. The van der Waals surface area contributed by atoms with Gasteiger partial charge in [0.2, 0.25) is 5.95 Å². The highest BCUT2D eigenvalue weighted by Gasteiger charge is 2.09. The van der Waals surface area contributed by atoms with Gasteiger partial charge in [-0.3, -0.25) is 4.57 Å². The van der Waals surface area contributed by atoms with Crippen LogP contribution in [-0.2, 0) is 0 Å². The van der Waals surface area contributed by atoms with Gasteiger partial charge in [-0.1, -0.05) is 42.5 Å². The van der Waals surface area contributed by atoms with E-state index in [0.29, 0.717) is 5.95 Å². The van der Waals surface area contributed by atoms with Gasteiger partial charge in [0.05, 0.1) is 17.1 Å². The number of hydrogen-bond donors (Lipinski definition) is 1. The minimum absolute atomic E-state index is 0.126. The molecule has 2 aromatic heterocycles.